The highest BCUT2D eigenvalue weighted by molar-refractivity contribution is 5.14. The van der Waals surface area contributed by atoms with Gasteiger partial charge in [0, 0.05) is 25.0 Å². The van der Waals surface area contributed by atoms with Crippen LogP contribution in [-0.4, -0.2) is 16.6 Å². The molecule has 17 heavy (non-hydrogen) atoms. The van der Waals surface area contributed by atoms with E-state index in [1.165, 1.54) is 0 Å². The average molecular weight is 232 g/mol. The predicted octanol–water partition coefficient (Wildman–Crippen LogP) is 2.06. The zero-order valence-corrected chi connectivity index (χ0v) is 9.71. The molecule has 2 aromatic rings. The number of nitrogens with one attached hydrogen (secondary N) is 1. The molecule has 0 amide bonds. The molecular formula is C13H16N2O2. The van der Waals surface area contributed by atoms with E-state index in [-0.39, 0.29) is 6.04 Å². The molecule has 0 bridgehead atoms. The van der Waals surface area contributed by atoms with Crippen LogP contribution in [0.4, 0.5) is 0 Å². The molecule has 2 aromatic heterocycles. The maximum Gasteiger partial charge on any atom is 0.133 e. The van der Waals surface area contributed by atoms with Gasteiger partial charge in [-0.1, -0.05) is 0 Å². The summed E-state index contributed by atoms with van der Waals surface area (Å²) in [4.78, 5) is 3.97. The molecule has 2 N–H and O–H groups in total. The van der Waals surface area contributed by atoms with Gasteiger partial charge in [-0.2, -0.15) is 0 Å². The second kappa shape index (κ2) is 5.61. The van der Waals surface area contributed by atoms with Crippen molar-refractivity contribution in [2.45, 2.75) is 19.1 Å². The lowest BCUT2D eigenvalue weighted by molar-refractivity contribution is 0.144. The van der Waals surface area contributed by atoms with Crippen LogP contribution in [0.2, 0.25) is 0 Å². The van der Waals surface area contributed by atoms with Gasteiger partial charge in [0.2, 0.25) is 0 Å². The molecule has 90 valence electrons. The van der Waals surface area contributed by atoms with Crippen molar-refractivity contribution in [3.8, 4) is 0 Å². The Labute approximate surface area is 100 Å². The van der Waals surface area contributed by atoms with Gasteiger partial charge >= 0.3 is 0 Å². The summed E-state index contributed by atoms with van der Waals surface area (Å²) in [6.45, 7) is 2.50. The molecule has 4 nitrogen and oxygen atoms in total. The molecule has 0 aliphatic heterocycles. The van der Waals surface area contributed by atoms with Gasteiger partial charge in [0.1, 0.15) is 11.9 Å². The molecule has 0 saturated heterocycles. The Kier molecular flexibility index (Phi) is 3.90. The van der Waals surface area contributed by atoms with Crippen LogP contribution in [0.15, 0.2) is 47.3 Å². The van der Waals surface area contributed by atoms with Gasteiger partial charge in [-0.25, -0.2) is 0 Å². The number of rotatable bonds is 5. The standard InChI is InChI=1S/C13H16N2O2/c1-10(11-4-6-14-7-5-11)15-9-12(16)13-3-2-8-17-13/h2-8,10,12,15-16H,9H2,1H3/t10-,12?/m1/s1. The van der Waals surface area contributed by atoms with Gasteiger partial charge in [-0.3, -0.25) is 4.98 Å². The number of hydrogen-bond acceptors (Lipinski definition) is 4. The molecule has 1 unspecified atom stereocenters. The largest absolute Gasteiger partial charge is 0.467 e. The second-order valence-electron chi connectivity index (χ2n) is 3.94. The van der Waals surface area contributed by atoms with Crippen LogP contribution in [0.5, 0.6) is 0 Å². The third-order valence-corrected chi connectivity index (χ3v) is 2.70. The summed E-state index contributed by atoms with van der Waals surface area (Å²) in [5, 5.41) is 13.1. The Morgan fingerprint density at radius 3 is 2.76 bits per heavy atom. The number of furan rings is 1. The summed E-state index contributed by atoms with van der Waals surface area (Å²) in [6.07, 6.45) is 4.46. The fourth-order valence-corrected chi connectivity index (χ4v) is 1.64. The molecule has 0 radical (unpaired) electrons. The number of pyridine rings is 1. The van der Waals surface area contributed by atoms with Crippen molar-refractivity contribution in [1.29, 1.82) is 0 Å². The minimum Gasteiger partial charge on any atom is -0.467 e. The smallest absolute Gasteiger partial charge is 0.133 e. The Hall–Kier alpha value is -1.65. The van der Waals surface area contributed by atoms with E-state index in [4.69, 9.17) is 4.42 Å². The van der Waals surface area contributed by atoms with E-state index in [1.807, 2.05) is 19.1 Å². The predicted molar refractivity (Wildman–Crippen MR) is 64.3 cm³/mol. The lowest BCUT2D eigenvalue weighted by atomic mass is 10.1. The monoisotopic (exact) mass is 232 g/mol. The zero-order valence-electron chi connectivity index (χ0n) is 9.71. The number of hydrogen-bond donors (Lipinski definition) is 2. The summed E-state index contributed by atoms with van der Waals surface area (Å²) in [5.74, 6) is 0.583. The molecule has 0 saturated carbocycles. The van der Waals surface area contributed by atoms with E-state index in [0.717, 1.165) is 5.56 Å². The molecule has 0 aromatic carbocycles. The lowest BCUT2D eigenvalue weighted by Crippen LogP contribution is -2.24. The number of nitrogens with zero attached hydrogens (tertiary/aromatic N) is 1. The van der Waals surface area contributed by atoms with Crippen LogP contribution in [0, 0.1) is 0 Å². The third kappa shape index (κ3) is 3.15. The maximum atomic E-state index is 9.84. The van der Waals surface area contributed by atoms with Crippen molar-refractivity contribution in [2.24, 2.45) is 0 Å². The van der Waals surface area contributed by atoms with E-state index in [1.54, 1.807) is 30.8 Å². The first kappa shape index (κ1) is 11.8. The molecular weight excluding hydrogens is 216 g/mol. The first-order chi connectivity index (χ1) is 8.27. The summed E-state index contributed by atoms with van der Waals surface area (Å²) in [5.41, 5.74) is 1.15. The molecule has 4 heteroatoms. The molecule has 0 aliphatic rings. The van der Waals surface area contributed by atoms with Crippen molar-refractivity contribution in [3.05, 3.63) is 54.2 Å². The number of aliphatic hydroxyl groups is 1. The third-order valence-electron chi connectivity index (χ3n) is 2.70. The van der Waals surface area contributed by atoms with E-state index in [2.05, 4.69) is 10.3 Å². The van der Waals surface area contributed by atoms with Crippen molar-refractivity contribution in [2.75, 3.05) is 6.54 Å². The van der Waals surface area contributed by atoms with Crippen molar-refractivity contribution in [3.63, 3.8) is 0 Å². The van der Waals surface area contributed by atoms with E-state index < -0.39 is 6.10 Å². The van der Waals surface area contributed by atoms with Gasteiger partial charge in [0.15, 0.2) is 0 Å². The lowest BCUT2D eigenvalue weighted by Gasteiger charge is -2.16. The number of aromatic nitrogens is 1. The average Bonchev–Trinajstić information content (AvgIpc) is 2.90. The molecule has 2 heterocycles. The highest BCUT2D eigenvalue weighted by atomic mass is 16.4. The van der Waals surface area contributed by atoms with E-state index >= 15 is 0 Å². The fourth-order valence-electron chi connectivity index (χ4n) is 1.64. The second-order valence-corrected chi connectivity index (χ2v) is 3.94. The Morgan fingerprint density at radius 1 is 1.35 bits per heavy atom. The molecule has 0 aliphatic carbocycles. The Bertz CT molecular complexity index is 428. The minimum atomic E-state index is -0.616. The van der Waals surface area contributed by atoms with Gasteiger partial charge in [-0.15, -0.1) is 0 Å². The first-order valence-corrected chi connectivity index (χ1v) is 5.62. The number of aliphatic hydroxyl groups excluding tert-OH is 1. The van der Waals surface area contributed by atoms with Crippen LogP contribution in [0.1, 0.15) is 30.4 Å². The minimum absolute atomic E-state index is 0.169. The van der Waals surface area contributed by atoms with Crippen LogP contribution in [-0.2, 0) is 0 Å². The van der Waals surface area contributed by atoms with E-state index in [9.17, 15) is 5.11 Å². The van der Waals surface area contributed by atoms with Gasteiger partial charge in [0.05, 0.1) is 6.26 Å². The Balaban J connectivity index is 1.86. The molecule has 0 fully saturated rings. The van der Waals surface area contributed by atoms with Crippen molar-refractivity contribution >= 4 is 0 Å². The summed E-state index contributed by atoms with van der Waals surface area (Å²) >= 11 is 0. The maximum absolute atomic E-state index is 9.84. The van der Waals surface area contributed by atoms with Gasteiger partial charge in [-0.05, 0) is 36.8 Å². The highest BCUT2D eigenvalue weighted by Gasteiger charge is 2.12. The molecule has 2 rings (SSSR count). The fraction of sp³-hybridized carbons (Fsp3) is 0.308. The summed E-state index contributed by atoms with van der Waals surface area (Å²) in [7, 11) is 0. The normalized spacial score (nSPS) is 14.5. The van der Waals surface area contributed by atoms with Gasteiger partial charge in [0.25, 0.3) is 0 Å². The van der Waals surface area contributed by atoms with Crippen LogP contribution in [0.25, 0.3) is 0 Å². The van der Waals surface area contributed by atoms with Crippen molar-refractivity contribution < 1.29 is 9.52 Å². The highest BCUT2D eigenvalue weighted by Crippen LogP contribution is 2.15. The summed E-state index contributed by atoms with van der Waals surface area (Å²) in [6, 6.07) is 7.62. The zero-order chi connectivity index (χ0) is 12.1. The summed E-state index contributed by atoms with van der Waals surface area (Å²) < 4.78 is 5.13. The quantitative estimate of drug-likeness (QED) is 0.828. The SMILES string of the molecule is C[C@@H](NCC(O)c1ccco1)c1ccncc1. The topological polar surface area (TPSA) is 58.3 Å². The van der Waals surface area contributed by atoms with Crippen LogP contribution >= 0.6 is 0 Å². The Morgan fingerprint density at radius 2 is 2.12 bits per heavy atom. The first-order valence-electron chi connectivity index (χ1n) is 5.62. The van der Waals surface area contributed by atoms with Crippen LogP contribution in [0.3, 0.4) is 0 Å². The van der Waals surface area contributed by atoms with Gasteiger partial charge < -0.3 is 14.8 Å². The van der Waals surface area contributed by atoms with E-state index in [0.29, 0.717) is 12.3 Å². The molecule has 2 atom stereocenters. The molecule has 0 spiro atoms. The van der Waals surface area contributed by atoms with Crippen LogP contribution < -0.4 is 5.32 Å². The van der Waals surface area contributed by atoms with Crippen molar-refractivity contribution in [1.82, 2.24) is 10.3 Å².